The van der Waals surface area contributed by atoms with E-state index in [0.29, 0.717) is 0 Å². The van der Waals surface area contributed by atoms with Gasteiger partial charge in [-0.2, -0.15) is 10.2 Å². The van der Waals surface area contributed by atoms with Gasteiger partial charge in [0.25, 0.3) is 0 Å². The second-order valence-corrected chi connectivity index (χ2v) is 3.37. The maximum Gasteiger partial charge on any atom is 0.157 e. The van der Waals surface area contributed by atoms with Crippen molar-refractivity contribution in [1.82, 2.24) is 10.2 Å². The van der Waals surface area contributed by atoms with Crippen LogP contribution in [-0.4, -0.2) is 10.2 Å². The Kier molecular flexibility index (Phi) is 1.36. The maximum absolute atomic E-state index is 5.63. The normalized spacial score (nSPS) is 11.2. The van der Waals surface area contributed by atoms with Gasteiger partial charge in [0.05, 0.1) is 17.8 Å². The molecule has 1 aromatic carbocycles. The first kappa shape index (κ1) is 7.50. The number of fused-ring (bicyclic) bond motifs is 3. The summed E-state index contributed by atoms with van der Waals surface area (Å²) in [6.07, 6.45) is 3.38. The molecule has 3 rings (SSSR count). The minimum absolute atomic E-state index is 0.792. The summed E-state index contributed by atoms with van der Waals surface area (Å²) < 4.78 is 5.63. The number of hydrogen-bond acceptors (Lipinski definition) is 3. The predicted molar refractivity (Wildman–Crippen MR) is 54.0 cm³/mol. The van der Waals surface area contributed by atoms with Crippen LogP contribution in [0.5, 0.6) is 0 Å². The standard InChI is InChI=1S/C11H8N2O/c1-7-2-3-8-9-5-12-13-6-11(9)14-10(8)4-7/h2-6H,1H3. The van der Waals surface area contributed by atoms with Crippen molar-refractivity contribution in [1.29, 1.82) is 0 Å². The zero-order valence-corrected chi connectivity index (χ0v) is 7.69. The summed E-state index contributed by atoms with van der Waals surface area (Å²) in [5.41, 5.74) is 2.88. The van der Waals surface area contributed by atoms with E-state index in [0.717, 1.165) is 21.9 Å². The fraction of sp³-hybridized carbons (Fsp3) is 0.0909. The summed E-state index contributed by atoms with van der Waals surface area (Å²) in [7, 11) is 0. The Hall–Kier alpha value is -1.90. The lowest BCUT2D eigenvalue weighted by atomic mass is 10.1. The second-order valence-electron chi connectivity index (χ2n) is 3.37. The molecule has 3 aromatic rings. The lowest BCUT2D eigenvalue weighted by Crippen LogP contribution is -1.75. The maximum atomic E-state index is 5.63. The molecule has 0 aliphatic heterocycles. The molecule has 0 amide bonds. The van der Waals surface area contributed by atoms with E-state index < -0.39 is 0 Å². The number of furan rings is 1. The number of nitrogens with zero attached hydrogens (tertiary/aromatic N) is 2. The Morgan fingerprint density at radius 1 is 1.00 bits per heavy atom. The Morgan fingerprint density at radius 3 is 2.79 bits per heavy atom. The summed E-state index contributed by atoms with van der Waals surface area (Å²) in [6, 6.07) is 6.14. The van der Waals surface area contributed by atoms with Crippen molar-refractivity contribution >= 4 is 21.9 Å². The molecule has 0 saturated heterocycles. The fourth-order valence-electron chi connectivity index (χ4n) is 1.65. The van der Waals surface area contributed by atoms with Gasteiger partial charge in [0.1, 0.15) is 5.58 Å². The van der Waals surface area contributed by atoms with Crippen molar-refractivity contribution in [3.8, 4) is 0 Å². The number of rotatable bonds is 0. The van der Waals surface area contributed by atoms with Crippen molar-refractivity contribution in [3.63, 3.8) is 0 Å². The topological polar surface area (TPSA) is 38.9 Å². The molecule has 2 heterocycles. The van der Waals surface area contributed by atoms with Crippen LogP contribution in [0, 0.1) is 6.92 Å². The first-order valence-corrected chi connectivity index (χ1v) is 4.44. The molecule has 2 aromatic heterocycles. The summed E-state index contributed by atoms with van der Waals surface area (Å²) in [6.45, 7) is 2.04. The van der Waals surface area contributed by atoms with Gasteiger partial charge in [0.2, 0.25) is 0 Å². The fourth-order valence-corrected chi connectivity index (χ4v) is 1.65. The number of hydrogen-bond donors (Lipinski definition) is 0. The van der Waals surface area contributed by atoms with Gasteiger partial charge in [0.15, 0.2) is 5.58 Å². The minimum Gasteiger partial charge on any atom is -0.454 e. The highest BCUT2D eigenvalue weighted by atomic mass is 16.3. The van der Waals surface area contributed by atoms with Crippen LogP contribution in [0.2, 0.25) is 0 Å². The lowest BCUT2D eigenvalue weighted by molar-refractivity contribution is 0.664. The summed E-state index contributed by atoms with van der Waals surface area (Å²) in [5, 5.41) is 9.76. The van der Waals surface area contributed by atoms with Crippen LogP contribution in [0.3, 0.4) is 0 Å². The molecule has 14 heavy (non-hydrogen) atoms. The van der Waals surface area contributed by atoms with Crippen molar-refractivity contribution < 1.29 is 4.42 Å². The Bertz CT molecular complexity index is 613. The third kappa shape index (κ3) is 0.923. The zero-order valence-electron chi connectivity index (χ0n) is 7.69. The number of aryl methyl sites for hydroxylation is 1. The van der Waals surface area contributed by atoms with Gasteiger partial charge in [-0.25, -0.2) is 0 Å². The number of benzene rings is 1. The molecule has 0 atom stereocenters. The lowest BCUT2D eigenvalue weighted by Gasteiger charge is -1.90. The Morgan fingerprint density at radius 2 is 1.86 bits per heavy atom. The van der Waals surface area contributed by atoms with Crippen LogP contribution < -0.4 is 0 Å². The van der Waals surface area contributed by atoms with Crippen LogP contribution in [-0.2, 0) is 0 Å². The second kappa shape index (κ2) is 2.54. The number of aromatic nitrogens is 2. The summed E-state index contributed by atoms with van der Waals surface area (Å²) in [4.78, 5) is 0. The third-order valence-electron chi connectivity index (χ3n) is 2.34. The molecule has 0 fully saturated rings. The molecule has 0 spiro atoms. The monoisotopic (exact) mass is 184 g/mol. The van der Waals surface area contributed by atoms with E-state index in [4.69, 9.17) is 4.42 Å². The molecular formula is C11H8N2O. The van der Waals surface area contributed by atoms with Gasteiger partial charge >= 0.3 is 0 Å². The van der Waals surface area contributed by atoms with Crippen LogP contribution in [0.25, 0.3) is 21.9 Å². The van der Waals surface area contributed by atoms with Gasteiger partial charge < -0.3 is 4.42 Å². The molecule has 0 bridgehead atoms. The predicted octanol–water partition coefficient (Wildman–Crippen LogP) is 2.68. The highest BCUT2D eigenvalue weighted by Gasteiger charge is 2.05. The molecule has 0 unspecified atom stereocenters. The average Bonchev–Trinajstić information content (AvgIpc) is 2.54. The van der Waals surface area contributed by atoms with Crippen molar-refractivity contribution in [2.75, 3.05) is 0 Å². The summed E-state index contributed by atoms with van der Waals surface area (Å²) >= 11 is 0. The van der Waals surface area contributed by atoms with Crippen molar-refractivity contribution in [2.24, 2.45) is 0 Å². The van der Waals surface area contributed by atoms with Gasteiger partial charge in [-0.1, -0.05) is 12.1 Å². The van der Waals surface area contributed by atoms with E-state index in [1.807, 2.05) is 13.0 Å². The van der Waals surface area contributed by atoms with Crippen molar-refractivity contribution in [3.05, 3.63) is 36.2 Å². The first-order valence-electron chi connectivity index (χ1n) is 4.44. The smallest absolute Gasteiger partial charge is 0.157 e. The van der Waals surface area contributed by atoms with Gasteiger partial charge in [0, 0.05) is 5.39 Å². The molecule has 3 nitrogen and oxygen atoms in total. The van der Waals surface area contributed by atoms with Crippen LogP contribution >= 0.6 is 0 Å². The zero-order chi connectivity index (χ0) is 9.54. The average molecular weight is 184 g/mol. The highest BCUT2D eigenvalue weighted by molar-refractivity contribution is 6.04. The molecule has 68 valence electrons. The van der Waals surface area contributed by atoms with Crippen LogP contribution in [0.15, 0.2) is 35.0 Å². The quantitative estimate of drug-likeness (QED) is 0.539. The molecule has 0 radical (unpaired) electrons. The van der Waals surface area contributed by atoms with Crippen molar-refractivity contribution in [2.45, 2.75) is 6.92 Å². The van der Waals surface area contributed by atoms with E-state index in [1.165, 1.54) is 5.56 Å². The van der Waals surface area contributed by atoms with E-state index in [-0.39, 0.29) is 0 Å². The molecular weight excluding hydrogens is 176 g/mol. The van der Waals surface area contributed by atoms with E-state index in [2.05, 4.69) is 22.3 Å². The summed E-state index contributed by atoms with van der Waals surface area (Å²) in [5.74, 6) is 0. The molecule has 3 heteroatoms. The molecule has 0 aliphatic carbocycles. The van der Waals surface area contributed by atoms with Crippen LogP contribution in [0.1, 0.15) is 5.56 Å². The van der Waals surface area contributed by atoms with Crippen LogP contribution in [0.4, 0.5) is 0 Å². The molecule has 0 saturated carbocycles. The van der Waals surface area contributed by atoms with Gasteiger partial charge in [-0.15, -0.1) is 0 Å². The Balaban J connectivity index is 2.57. The largest absolute Gasteiger partial charge is 0.454 e. The van der Waals surface area contributed by atoms with E-state index in [9.17, 15) is 0 Å². The first-order chi connectivity index (χ1) is 6.84. The molecule has 0 N–H and O–H groups in total. The van der Waals surface area contributed by atoms with Gasteiger partial charge in [-0.05, 0) is 18.6 Å². The van der Waals surface area contributed by atoms with E-state index in [1.54, 1.807) is 12.4 Å². The SMILES string of the molecule is Cc1ccc2c(c1)oc1cnncc12. The van der Waals surface area contributed by atoms with E-state index >= 15 is 0 Å². The minimum atomic E-state index is 0.792. The molecule has 0 aliphatic rings. The highest BCUT2D eigenvalue weighted by Crippen LogP contribution is 2.27. The Labute approximate surface area is 80.4 Å². The third-order valence-corrected chi connectivity index (χ3v) is 2.34. The van der Waals surface area contributed by atoms with Gasteiger partial charge in [-0.3, -0.25) is 0 Å².